The maximum atomic E-state index is 11.9. The number of nitrogens with two attached hydrogens (primary N) is 1. The van der Waals surface area contributed by atoms with Gasteiger partial charge in [0.05, 0.1) is 12.7 Å². The van der Waals surface area contributed by atoms with Crippen molar-refractivity contribution in [2.24, 2.45) is 11.7 Å². The van der Waals surface area contributed by atoms with Gasteiger partial charge in [-0.05, 0) is 36.5 Å². The Morgan fingerprint density at radius 2 is 2.09 bits per heavy atom. The summed E-state index contributed by atoms with van der Waals surface area (Å²) in [4.78, 5) is 11.9. The summed E-state index contributed by atoms with van der Waals surface area (Å²) in [5, 5.41) is 2.82. The van der Waals surface area contributed by atoms with Gasteiger partial charge in [-0.3, -0.25) is 9.52 Å². The second kappa shape index (κ2) is 7.80. The SMILES string of the molecule is CS(=O)(=O)Nc1cccc(CC(=O)NCC(N)C2CC2)c1.Cl. The number of amides is 1. The highest BCUT2D eigenvalue weighted by Gasteiger charge is 2.28. The number of halogens is 1. The van der Waals surface area contributed by atoms with E-state index >= 15 is 0 Å². The fraction of sp³-hybridized carbons (Fsp3) is 0.500. The summed E-state index contributed by atoms with van der Waals surface area (Å²) in [6.07, 6.45) is 3.59. The molecule has 124 valence electrons. The molecule has 8 heteroatoms. The fourth-order valence-electron chi connectivity index (χ4n) is 2.13. The third-order valence-electron chi connectivity index (χ3n) is 3.36. The number of hydrogen-bond donors (Lipinski definition) is 3. The highest BCUT2D eigenvalue weighted by molar-refractivity contribution is 7.92. The van der Waals surface area contributed by atoms with Crippen LogP contribution < -0.4 is 15.8 Å². The summed E-state index contributed by atoms with van der Waals surface area (Å²) in [7, 11) is -3.31. The number of carbonyl (C=O) groups is 1. The minimum Gasteiger partial charge on any atom is -0.354 e. The average Bonchev–Trinajstić information content (AvgIpc) is 3.18. The van der Waals surface area contributed by atoms with Gasteiger partial charge in [0.25, 0.3) is 0 Å². The first-order valence-electron chi connectivity index (χ1n) is 6.92. The molecule has 1 aromatic rings. The molecule has 22 heavy (non-hydrogen) atoms. The van der Waals surface area contributed by atoms with Crippen molar-refractivity contribution in [1.82, 2.24) is 5.32 Å². The third kappa shape index (κ3) is 6.64. The number of nitrogens with one attached hydrogen (secondary N) is 2. The largest absolute Gasteiger partial charge is 0.354 e. The van der Waals surface area contributed by atoms with Crippen LogP contribution in [0.1, 0.15) is 18.4 Å². The van der Waals surface area contributed by atoms with E-state index < -0.39 is 10.0 Å². The number of anilines is 1. The molecule has 1 aliphatic carbocycles. The first-order chi connectivity index (χ1) is 9.83. The smallest absolute Gasteiger partial charge is 0.229 e. The van der Waals surface area contributed by atoms with Gasteiger partial charge in [-0.1, -0.05) is 12.1 Å². The van der Waals surface area contributed by atoms with Gasteiger partial charge < -0.3 is 11.1 Å². The number of carbonyl (C=O) groups excluding carboxylic acids is 1. The molecule has 0 aliphatic heterocycles. The first-order valence-corrected chi connectivity index (χ1v) is 8.81. The maximum absolute atomic E-state index is 11.9. The molecule has 6 nitrogen and oxygen atoms in total. The number of sulfonamides is 1. The summed E-state index contributed by atoms with van der Waals surface area (Å²) >= 11 is 0. The zero-order chi connectivity index (χ0) is 15.5. The third-order valence-corrected chi connectivity index (χ3v) is 3.96. The topological polar surface area (TPSA) is 101 Å². The Bertz CT molecular complexity index is 618. The summed E-state index contributed by atoms with van der Waals surface area (Å²) in [5.41, 5.74) is 7.13. The van der Waals surface area contributed by atoms with Gasteiger partial charge in [-0.15, -0.1) is 12.4 Å². The molecule has 0 radical (unpaired) electrons. The normalized spacial score (nSPS) is 15.5. The van der Waals surface area contributed by atoms with Gasteiger partial charge in [-0.2, -0.15) is 0 Å². The molecule has 1 atom stereocenters. The van der Waals surface area contributed by atoms with E-state index in [2.05, 4.69) is 10.0 Å². The lowest BCUT2D eigenvalue weighted by Gasteiger charge is -2.12. The lowest BCUT2D eigenvalue weighted by atomic mass is 10.1. The predicted molar refractivity (Wildman–Crippen MR) is 89.6 cm³/mol. The molecule has 0 heterocycles. The Morgan fingerprint density at radius 3 is 2.68 bits per heavy atom. The molecule has 1 amide bonds. The van der Waals surface area contributed by atoms with E-state index in [9.17, 15) is 13.2 Å². The number of hydrogen-bond acceptors (Lipinski definition) is 4. The van der Waals surface area contributed by atoms with E-state index in [0.29, 0.717) is 18.2 Å². The van der Waals surface area contributed by atoms with Crippen molar-refractivity contribution >= 4 is 34.0 Å². The Hall–Kier alpha value is -1.31. The quantitative estimate of drug-likeness (QED) is 0.681. The first kappa shape index (κ1) is 18.7. The van der Waals surface area contributed by atoms with Crippen LogP contribution in [-0.2, 0) is 21.2 Å². The van der Waals surface area contributed by atoms with Crippen LogP contribution in [0.5, 0.6) is 0 Å². The van der Waals surface area contributed by atoms with Gasteiger partial charge in [-0.25, -0.2) is 8.42 Å². The summed E-state index contributed by atoms with van der Waals surface area (Å²) < 4.78 is 24.7. The highest BCUT2D eigenvalue weighted by atomic mass is 35.5. The van der Waals surface area contributed by atoms with Crippen LogP contribution in [0.25, 0.3) is 0 Å². The molecule has 0 spiro atoms. The van der Waals surface area contributed by atoms with Crippen molar-refractivity contribution in [1.29, 1.82) is 0 Å². The fourth-order valence-corrected chi connectivity index (χ4v) is 2.68. The Kier molecular flexibility index (Phi) is 6.65. The summed E-state index contributed by atoms with van der Waals surface area (Å²) in [6.45, 7) is 0.491. The van der Waals surface area contributed by atoms with Crippen LogP contribution >= 0.6 is 12.4 Å². The molecule has 4 N–H and O–H groups in total. The monoisotopic (exact) mass is 347 g/mol. The van der Waals surface area contributed by atoms with Crippen molar-refractivity contribution in [3.8, 4) is 0 Å². The zero-order valence-electron chi connectivity index (χ0n) is 12.4. The molecule has 0 aromatic heterocycles. The van der Waals surface area contributed by atoms with Crippen molar-refractivity contribution in [2.45, 2.75) is 25.3 Å². The Labute approximate surface area is 137 Å². The van der Waals surface area contributed by atoms with Crippen LogP contribution in [0.15, 0.2) is 24.3 Å². The van der Waals surface area contributed by atoms with E-state index in [1.54, 1.807) is 24.3 Å². The van der Waals surface area contributed by atoms with Gasteiger partial charge >= 0.3 is 0 Å². The Balaban J connectivity index is 0.00000242. The van der Waals surface area contributed by atoms with E-state index in [-0.39, 0.29) is 30.8 Å². The highest BCUT2D eigenvalue weighted by Crippen LogP contribution is 2.31. The number of rotatable bonds is 7. The van der Waals surface area contributed by atoms with E-state index in [4.69, 9.17) is 5.73 Å². The minimum atomic E-state index is -3.31. The Morgan fingerprint density at radius 1 is 1.41 bits per heavy atom. The molecule has 0 saturated heterocycles. The molecule has 1 aliphatic rings. The molecule has 2 rings (SSSR count). The van der Waals surface area contributed by atoms with Crippen molar-refractivity contribution < 1.29 is 13.2 Å². The molecular weight excluding hydrogens is 326 g/mol. The standard InChI is InChI=1S/C14H21N3O3S.ClH/c1-21(19,20)17-12-4-2-3-10(7-12)8-14(18)16-9-13(15)11-5-6-11;/h2-4,7,11,13,17H,5-6,8-9,15H2,1H3,(H,16,18);1H. The van der Waals surface area contributed by atoms with Gasteiger partial charge in [0.1, 0.15) is 0 Å². The van der Waals surface area contributed by atoms with Crippen LogP contribution in [0.2, 0.25) is 0 Å². The molecule has 1 aromatic carbocycles. The van der Waals surface area contributed by atoms with Gasteiger partial charge in [0.2, 0.25) is 15.9 Å². The van der Waals surface area contributed by atoms with Crippen molar-refractivity contribution in [3.63, 3.8) is 0 Å². The predicted octanol–water partition coefficient (Wildman–Crippen LogP) is 0.876. The zero-order valence-corrected chi connectivity index (χ0v) is 14.0. The lowest BCUT2D eigenvalue weighted by molar-refractivity contribution is -0.120. The van der Waals surface area contributed by atoms with Gasteiger partial charge in [0.15, 0.2) is 0 Å². The second-order valence-corrected chi connectivity index (χ2v) is 7.31. The molecule has 0 bridgehead atoms. The van der Waals surface area contributed by atoms with E-state index in [1.807, 2.05) is 0 Å². The minimum absolute atomic E-state index is 0. The van der Waals surface area contributed by atoms with Crippen LogP contribution in [0.3, 0.4) is 0 Å². The van der Waals surface area contributed by atoms with E-state index in [1.165, 1.54) is 0 Å². The second-order valence-electron chi connectivity index (χ2n) is 5.56. The average molecular weight is 348 g/mol. The lowest BCUT2D eigenvalue weighted by Crippen LogP contribution is -2.39. The molecule has 1 fully saturated rings. The van der Waals surface area contributed by atoms with Crippen LogP contribution in [-0.4, -0.2) is 33.2 Å². The summed E-state index contributed by atoms with van der Waals surface area (Å²) in [5.74, 6) is 0.440. The van der Waals surface area contributed by atoms with Crippen molar-refractivity contribution in [2.75, 3.05) is 17.5 Å². The number of benzene rings is 1. The summed E-state index contributed by atoms with van der Waals surface area (Å²) in [6, 6.07) is 6.83. The maximum Gasteiger partial charge on any atom is 0.229 e. The molecule has 1 saturated carbocycles. The molecular formula is C14H22ClN3O3S. The van der Waals surface area contributed by atoms with Crippen molar-refractivity contribution in [3.05, 3.63) is 29.8 Å². The van der Waals surface area contributed by atoms with E-state index in [0.717, 1.165) is 24.7 Å². The van der Waals surface area contributed by atoms with Crippen LogP contribution in [0, 0.1) is 5.92 Å². The van der Waals surface area contributed by atoms with Crippen LogP contribution in [0.4, 0.5) is 5.69 Å². The molecule has 1 unspecified atom stereocenters. The van der Waals surface area contributed by atoms with Gasteiger partial charge in [0, 0.05) is 18.3 Å².